The van der Waals surface area contributed by atoms with Gasteiger partial charge in [0.1, 0.15) is 17.5 Å². The van der Waals surface area contributed by atoms with E-state index in [9.17, 15) is 31.5 Å². The largest absolute Gasteiger partial charge is 0.416 e. The van der Waals surface area contributed by atoms with Crippen LogP contribution < -0.4 is 10.9 Å². The number of anilines is 1. The molecule has 4 rings (SSSR count). The van der Waals surface area contributed by atoms with Crippen LogP contribution in [0.15, 0.2) is 41.3 Å². The van der Waals surface area contributed by atoms with E-state index in [1.807, 2.05) is 6.92 Å². The molecule has 0 unspecified atom stereocenters. The number of H-pyrrole nitrogens is 1. The van der Waals surface area contributed by atoms with Gasteiger partial charge in [-0.05, 0) is 38.1 Å². The van der Waals surface area contributed by atoms with Crippen molar-refractivity contribution in [3.05, 3.63) is 80.8 Å². The highest BCUT2D eigenvalue weighted by Crippen LogP contribution is 2.34. The van der Waals surface area contributed by atoms with Crippen molar-refractivity contribution >= 4 is 11.7 Å². The number of nitrogens with zero attached hydrogens (tertiary/aromatic N) is 2. The molecule has 0 saturated heterocycles. The third-order valence-corrected chi connectivity index (χ3v) is 5.67. The first kappa shape index (κ1) is 23.4. The van der Waals surface area contributed by atoms with Crippen LogP contribution in [0, 0.1) is 11.6 Å². The number of aromatic amines is 1. The summed E-state index contributed by atoms with van der Waals surface area (Å²) in [5.74, 6) is -1.71. The minimum atomic E-state index is -4.83. The Labute approximate surface area is 190 Å². The second kappa shape index (κ2) is 8.54. The number of amides is 1. The van der Waals surface area contributed by atoms with Crippen LogP contribution in [0.2, 0.25) is 0 Å². The number of halogens is 5. The van der Waals surface area contributed by atoms with E-state index < -0.39 is 46.2 Å². The van der Waals surface area contributed by atoms with E-state index in [4.69, 9.17) is 0 Å². The van der Waals surface area contributed by atoms with E-state index >= 15 is 0 Å². The Hall–Kier alpha value is -3.76. The molecule has 2 aromatic heterocycles. The molecule has 3 heterocycles. The lowest BCUT2D eigenvalue weighted by Gasteiger charge is -2.19. The Morgan fingerprint density at radius 2 is 1.85 bits per heavy atom. The van der Waals surface area contributed by atoms with Gasteiger partial charge in [-0.2, -0.15) is 13.2 Å². The van der Waals surface area contributed by atoms with Gasteiger partial charge in [0, 0.05) is 41.1 Å². The maximum atomic E-state index is 15.0. The molecule has 0 spiro atoms. The molecule has 6 nitrogen and oxygen atoms in total. The van der Waals surface area contributed by atoms with Crippen molar-refractivity contribution in [2.75, 3.05) is 11.9 Å². The molecular formula is C23H19F5N4O2. The van der Waals surface area contributed by atoms with Crippen molar-refractivity contribution < 1.29 is 26.7 Å². The zero-order valence-electron chi connectivity index (χ0n) is 18.1. The Bertz CT molecular complexity index is 1340. The van der Waals surface area contributed by atoms with Gasteiger partial charge >= 0.3 is 6.18 Å². The maximum Gasteiger partial charge on any atom is 0.416 e. The highest BCUT2D eigenvalue weighted by Gasteiger charge is 2.32. The van der Waals surface area contributed by atoms with Gasteiger partial charge in [-0.1, -0.05) is 0 Å². The number of aromatic nitrogens is 2. The Kier molecular flexibility index (Phi) is 5.88. The smallest absolute Gasteiger partial charge is 0.363 e. The van der Waals surface area contributed by atoms with Crippen molar-refractivity contribution in [3.63, 3.8) is 0 Å². The van der Waals surface area contributed by atoms with E-state index in [0.29, 0.717) is 42.2 Å². The summed E-state index contributed by atoms with van der Waals surface area (Å²) in [6.07, 6.45) is -3.39. The fraction of sp³-hybridized carbons (Fsp3) is 0.261. The summed E-state index contributed by atoms with van der Waals surface area (Å²) in [5.41, 5.74) is -2.37. The summed E-state index contributed by atoms with van der Waals surface area (Å²) >= 11 is 0. The topological polar surface area (TPSA) is 78.1 Å². The minimum Gasteiger partial charge on any atom is -0.363 e. The van der Waals surface area contributed by atoms with Gasteiger partial charge in [-0.15, -0.1) is 0 Å². The number of alkyl halides is 3. The second-order valence-electron chi connectivity index (χ2n) is 7.87. The second-order valence-corrected chi connectivity index (χ2v) is 7.87. The van der Waals surface area contributed by atoms with Crippen LogP contribution >= 0.6 is 0 Å². The molecule has 0 aliphatic carbocycles. The van der Waals surface area contributed by atoms with Crippen LogP contribution in [-0.2, 0) is 12.7 Å². The predicted octanol–water partition coefficient (Wildman–Crippen LogP) is 4.88. The molecule has 2 N–H and O–H groups in total. The lowest BCUT2D eigenvalue weighted by atomic mass is 10.0. The summed E-state index contributed by atoms with van der Waals surface area (Å²) in [4.78, 5) is 32.0. The van der Waals surface area contributed by atoms with Crippen LogP contribution in [0.4, 0.5) is 27.8 Å². The number of carbonyl (C=O) groups is 1. The summed E-state index contributed by atoms with van der Waals surface area (Å²) in [6, 6.07) is 3.28. The summed E-state index contributed by atoms with van der Waals surface area (Å²) in [6.45, 7) is 4.22. The minimum absolute atomic E-state index is 0.105. The maximum absolute atomic E-state index is 15.0. The number of hydrogen-bond acceptors (Lipinski definition) is 4. The predicted molar refractivity (Wildman–Crippen MR) is 114 cm³/mol. The van der Waals surface area contributed by atoms with Crippen molar-refractivity contribution in [1.82, 2.24) is 14.9 Å². The highest BCUT2D eigenvalue weighted by molar-refractivity contribution is 5.99. The first-order valence-corrected chi connectivity index (χ1v) is 10.3. The Morgan fingerprint density at radius 1 is 1.12 bits per heavy atom. The number of benzene rings is 1. The zero-order valence-corrected chi connectivity index (χ0v) is 18.1. The molecule has 0 radical (unpaired) electrons. The molecule has 1 aromatic carbocycles. The van der Waals surface area contributed by atoms with Crippen molar-refractivity contribution in [2.45, 2.75) is 32.6 Å². The van der Waals surface area contributed by atoms with Gasteiger partial charge in [-0.3, -0.25) is 9.59 Å². The van der Waals surface area contributed by atoms with Gasteiger partial charge in [0.15, 0.2) is 0 Å². The average Bonchev–Trinajstić information content (AvgIpc) is 3.10. The number of pyridine rings is 2. The Balaban J connectivity index is 1.66. The van der Waals surface area contributed by atoms with E-state index in [-0.39, 0.29) is 11.5 Å². The van der Waals surface area contributed by atoms with Crippen molar-refractivity contribution in [3.8, 4) is 11.3 Å². The summed E-state index contributed by atoms with van der Waals surface area (Å²) < 4.78 is 68.9. The van der Waals surface area contributed by atoms with Crippen molar-refractivity contribution in [2.24, 2.45) is 0 Å². The lowest BCUT2D eigenvalue weighted by Crippen LogP contribution is -2.22. The molecular weight excluding hydrogens is 459 g/mol. The van der Waals surface area contributed by atoms with Crippen molar-refractivity contribution in [1.29, 1.82) is 0 Å². The molecule has 0 saturated carbocycles. The number of nitrogens with one attached hydrogen (secondary N) is 2. The lowest BCUT2D eigenvalue weighted by molar-refractivity contribution is -0.137. The molecule has 1 atom stereocenters. The van der Waals surface area contributed by atoms with E-state index in [2.05, 4.69) is 15.3 Å². The first-order valence-electron chi connectivity index (χ1n) is 10.3. The van der Waals surface area contributed by atoms with Crippen LogP contribution in [0.5, 0.6) is 0 Å². The van der Waals surface area contributed by atoms with Crippen LogP contribution in [0.3, 0.4) is 0 Å². The molecule has 1 aliphatic rings. The molecule has 0 bridgehead atoms. The van der Waals surface area contributed by atoms with Gasteiger partial charge in [0.05, 0.1) is 23.8 Å². The molecule has 34 heavy (non-hydrogen) atoms. The first-order chi connectivity index (χ1) is 16.0. The van der Waals surface area contributed by atoms with Crippen LogP contribution in [0.25, 0.3) is 11.3 Å². The standard InChI is InChI=1S/C23H19F5N4O2/c1-3-32-10-16-13(22(32)34)4-5-29-21(16)30-11(2)14-8-18(25)15(9-17(14)24)19-6-12(23(26,27)28)7-20(33)31-19/h4-9,11H,3,10H2,1-2H3,(H,29,30)(H,31,33)/t11-/m0/s1. The van der Waals surface area contributed by atoms with Gasteiger partial charge in [0.25, 0.3) is 5.91 Å². The summed E-state index contributed by atoms with van der Waals surface area (Å²) in [7, 11) is 0. The number of hydrogen-bond donors (Lipinski definition) is 2. The number of rotatable bonds is 5. The van der Waals surface area contributed by atoms with Crippen LogP contribution in [0.1, 0.15) is 46.9 Å². The normalized spacial score (nSPS) is 14.3. The van der Waals surface area contributed by atoms with E-state index in [0.717, 1.165) is 12.1 Å². The SMILES string of the molecule is CCN1Cc2c(ccnc2N[C@@H](C)c2cc(F)c(-c3cc(C(F)(F)F)cc(=O)[nH]3)cc2F)C1=O. The average molecular weight is 478 g/mol. The van der Waals surface area contributed by atoms with E-state index in [1.165, 1.54) is 6.20 Å². The van der Waals surface area contributed by atoms with Gasteiger partial charge < -0.3 is 15.2 Å². The monoisotopic (exact) mass is 478 g/mol. The highest BCUT2D eigenvalue weighted by atomic mass is 19.4. The molecule has 3 aromatic rings. The fourth-order valence-electron chi connectivity index (χ4n) is 3.90. The summed E-state index contributed by atoms with van der Waals surface area (Å²) in [5, 5.41) is 2.99. The van der Waals surface area contributed by atoms with Gasteiger partial charge in [-0.25, -0.2) is 13.8 Å². The number of carbonyl (C=O) groups excluding carboxylic acids is 1. The molecule has 11 heteroatoms. The van der Waals surface area contributed by atoms with Crippen LogP contribution in [-0.4, -0.2) is 27.3 Å². The third kappa shape index (κ3) is 4.25. The number of fused-ring (bicyclic) bond motifs is 1. The zero-order chi connectivity index (χ0) is 24.8. The van der Waals surface area contributed by atoms with Gasteiger partial charge in [0.2, 0.25) is 5.56 Å². The fourth-order valence-corrected chi connectivity index (χ4v) is 3.90. The van der Waals surface area contributed by atoms with E-state index in [1.54, 1.807) is 17.9 Å². The third-order valence-electron chi connectivity index (χ3n) is 5.67. The quantitative estimate of drug-likeness (QED) is 0.513. The Morgan fingerprint density at radius 3 is 2.53 bits per heavy atom. The molecule has 1 aliphatic heterocycles. The molecule has 1 amide bonds. The molecule has 0 fully saturated rings. The molecule has 178 valence electrons.